The van der Waals surface area contributed by atoms with Crippen LogP contribution in [0.2, 0.25) is 0 Å². The second-order valence-corrected chi connectivity index (χ2v) is 7.98. The minimum atomic E-state index is -0.556. The molecule has 0 N–H and O–H groups in total. The van der Waals surface area contributed by atoms with Gasteiger partial charge >= 0.3 is 5.97 Å². The standard InChI is InChI=1S/C25H22N2O4S/c1-3-31-18-13-14-21-22(15-18)32-25(26-21)27(16-17-9-5-4-6-10-17)23(28)19-11-7-8-12-20(19)24(29)30-2/h4-15H,3,16H2,1-2H3. The molecular weight excluding hydrogens is 424 g/mol. The van der Waals surface area contributed by atoms with E-state index in [2.05, 4.69) is 0 Å². The summed E-state index contributed by atoms with van der Waals surface area (Å²) in [6.45, 7) is 2.81. The number of ether oxygens (including phenoxy) is 2. The third kappa shape index (κ3) is 4.48. The third-order valence-electron chi connectivity index (χ3n) is 4.88. The number of hydrogen-bond donors (Lipinski definition) is 0. The molecule has 0 aliphatic carbocycles. The fourth-order valence-corrected chi connectivity index (χ4v) is 4.35. The first-order valence-corrected chi connectivity index (χ1v) is 11.0. The van der Waals surface area contributed by atoms with E-state index in [4.69, 9.17) is 14.5 Å². The average Bonchev–Trinajstić information content (AvgIpc) is 3.25. The van der Waals surface area contributed by atoms with E-state index in [0.29, 0.717) is 18.3 Å². The van der Waals surface area contributed by atoms with E-state index in [1.807, 2.05) is 55.5 Å². The van der Waals surface area contributed by atoms with Crippen LogP contribution in [0.4, 0.5) is 5.13 Å². The van der Waals surface area contributed by atoms with Crippen molar-refractivity contribution >= 4 is 38.6 Å². The van der Waals surface area contributed by atoms with Crippen molar-refractivity contribution in [3.63, 3.8) is 0 Å². The zero-order chi connectivity index (χ0) is 22.5. The molecule has 6 nitrogen and oxygen atoms in total. The number of benzene rings is 3. The van der Waals surface area contributed by atoms with Crippen molar-refractivity contribution in [3.05, 3.63) is 89.5 Å². The van der Waals surface area contributed by atoms with Crippen molar-refractivity contribution in [2.45, 2.75) is 13.5 Å². The summed E-state index contributed by atoms with van der Waals surface area (Å²) in [5.41, 5.74) is 2.22. The number of nitrogens with zero attached hydrogens (tertiary/aromatic N) is 2. The summed E-state index contributed by atoms with van der Waals surface area (Å²) in [5.74, 6) is -0.120. The number of carbonyl (C=O) groups is 2. The maximum absolute atomic E-state index is 13.7. The molecule has 0 spiro atoms. The van der Waals surface area contributed by atoms with Crippen LogP contribution in [0.1, 0.15) is 33.2 Å². The Morgan fingerprint density at radius 1 is 0.969 bits per heavy atom. The van der Waals surface area contributed by atoms with Crippen molar-refractivity contribution in [2.24, 2.45) is 0 Å². The summed E-state index contributed by atoms with van der Waals surface area (Å²) < 4.78 is 11.4. The van der Waals surface area contributed by atoms with E-state index in [9.17, 15) is 9.59 Å². The van der Waals surface area contributed by atoms with Gasteiger partial charge in [0.05, 0.1) is 41.6 Å². The third-order valence-corrected chi connectivity index (χ3v) is 5.92. The number of carbonyl (C=O) groups excluding carboxylic acids is 2. The summed E-state index contributed by atoms with van der Waals surface area (Å²) in [5, 5.41) is 0.544. The molecule has 0 unspecified atom stereocenters. The number of rotatable bonds is 7. The SMILES string of the molecule is CCOc1ccc2nc(N(Cc3ccccc3)C(=O)c3ccccc3C(=O)OC)sc2c1. The van der Waals surface area contributed by atoms with Crippen molar-refractivity contribution < 1.29 is 19.1 Å². The molecule has 3 aromatic carbocycles. The lowest BCUT2D eigenvalue weighted by Gasteiger charge is -2.21. The predicted octanol–water partition coefficient (Wildman–Crippen LogP) is 5.33. The zero-order valence-corrected chi connectivity index (χ0v) is 18.6. The Bertz CT molecular complexity index is 1250. The highest BCUT2D eigenvalue weighted by Gasteiger charge is 2.26. The number of amides is 1. The summed E-state index contributed by atoms with van der Waals surface area (Å²) in [6, 6.07) is 22.0. The molecule has 1 heterocycles. The number of esters is 1. The van der Waals surface area contributed by atoms with Crippen molar-refractivity contribution in [2.75, 3.05) is 18.6 Å². The molecule has 0 aliphatic heterocycles. The van der Waals surface area contributed by atoms with Gasteiger partial charge in [-0.2, -0.15) is 0 Å². The first kappa shape index (κ1) is 21.5. The molecule has 1 amide bonds. The van der Waals surface area contributed by atoms with Crippen molar-refractivity contribution in [3.8, 4) is 5.75 Å². The molecule has 4 aromatic rings. The van der Waals surface area contributed by atoms with Gasteiger partial charge in [0, 0.05) is 0 Å². The molecule has 0 saturated heterocycles. The summed E-state index contributed by atoms with van der Waals surface area (Å²) in [6.07, 6.45) is 0. The number of thiazole rings is 1. The molecule has 162 valence electrons. The minimum Gasteiger partial charge on any atom is -0.494 e. The monoisotopic (exact) mass is 446 g/mol. The quantitative estimate of drug-likeness (QED) is 0.359. The number of methoxy groups -OCH3 is 1. The smallest absolute Gasteiger partial charge is 0.338 e. The van der Waals surface area contributed by atoms with Gasteiger partial charge in [-0.05, 0) is 42.8 Å². The summed E-state index contributed by atoms with van der Waals surface area (Å²) in [7, 11) is 1.30. The van der Waals surface area contributed by atoms with Gasteiger partial charge in [0.15, 0.2) is 5.13 Å². The second kappa shape index (κ2) is 9.62. The van der Waals surface area contributed by atoms with Crippen LogP contribution in [0.5, 0.6) is 5.75 Å². The lowest BCUT2D eigenvalue weighted by molar-refractivity contribution is 0.0597. The van der Waals surface area contributed by atoms with E-state index in [-0.39, 0.29) is 17.0 Å². The lowest BCUT2D eigenvalue weighted by Crippen LogP contribution is -2.31. The molecule has 0 bridgehead atoms. The van der Waals surface area contributed by atoms with Gasteiger partial charge in [0.2, 0.25) is 0 Å². The van der Waals surface area contributed by atoms with Crippen molar-refractivity contribution in [1.82, 2.24) is 4.98 Å². The maximum Gasteiger partial charge on any atom is 0.338 e. The minimum absolute atomic E-state index is 0.220. The van der Waals surface area contributed by atoms with Crippen LogP contribution in [-0.2, 0) is 11.3 Å². The topological polar surface area (TPSA) is 68.7 Å². The lowest BCUT2D eigenvalue weighted by atomic mass is 10.1. The van der Waals surface area contributed by atoms with Crippen LogP contribution in [0, 0.1) is 0 Å². The van der Waals surface area contributed by atoms with Gasteiger partial charge in [0.1, 0.15) is 5.75 Å². The Balaban J connectivity index is 1.79. The Hall–Kier alpha value is -3.71. The average molecular weight is 447 g/mol. The molecule has 0 fully saturated rings. The highest BCUT2D eigenvalue weighted by Crippen LogP contribution is 2.33. The van der Waals surface area contributed by atoms with Gasteiger partial charge in [0.25, 0.3) is 5.91 Å². The highest BCUT2D eigenvalue weighted by molar-refractivity contribution is 7.22. The summed E-state index contributed by atoms with van der Waals surface area (Å²) in [4.78, 5) is 32.3. The Morgan fingerprint density at radius 3 is 2.41 bits per heavy atom. The molecule has 0 radical (unpaired) electrons. The number of anilines is 1. The normalized spacial score (nSPS) is 10.7. The molecule has 0 aliphatic rings. The van der Waals surface area contributed by atoms with Crippen LogP contribution in [-0.4, -0.2) is 30.6 Å². The molecule has 4 rings (SSSR count). The molecule has 1 aromatic heterocycles. The summed E-state index contributed by atoms with van der Waals surface area (Å²) >= 11 is 1.41. The van der Waals surface area contributed by atoms with E-state index < -0.39 is 5.97 Å². The largest absolute Gasteiger partial charge is 0.494 e. The van der Waals surface area contributed by atoms with Crippen LogP contribution in [0.15, 0.2) is 72.8 Å². The first-order chi connectivity index (χ1) is 15.6. The molecule has 32 heavy (non-hydrogen) atoms. The van der Waals surface area contributed by atoms with E-state index in [0.717, 1.165) is 21.5 Å². The first-order valence-electron chi connectivity index (χ1n) is 10.2. The zero-order valence-electron chi connectivity index (χ0n) is 17.8. The fraction of sp³-hybridized carbons (Fsp3) is 0.160. The second-order valence-electron chi connectivity index (χ2n) is 6.97. The van der Waals surface area contributed by atoms with Gasteiger partial charge in [-0.3, -0.25) is 9.69 Å². The van der Waals surface area contributed by atoms with Crippen LogP contribution in [0.25, 0.3) is 10.2 Å². The van der Waals surface area contributed by atoms with Gasteiger partial charge < -0.3 is 9.47 Å². The molecule has 0 atom stereocenters. The maximum atomic E-state index is 13.7. The molecule has 7 heteroatoms. The van der Waals surface area contributed by atoms with E-state index >= 15 is 0 Å². The molecule has 0 saturated carbocycles. The number of fused-ring (bicyclic) bond motifs is 1. The van der Waals surface area contributed by atoms with Gasteiger partial charge in [-0.25, -0.2) is 9.78 Å². The molecular formula is C25H22N2O4S. The Morgan fingerprint density at radius 2 is 1.69 bits per heavy atom. The van der Waals surface area contributed by atoms with E-state index in [1.54, 1.807) is 29.2 Å². The van der Waals surface area contributed by atoms with Crippen molar-refractivity contribution in [1.29, 1.82) is 0 Å². The van der Waals surface area contributed by atoms with Crippen LogP contribution in [0.3, 0.4) is 0 Å². The fourth-order valence-electron chi connectivity index (χ4n) is 3.36. The highest BCUT2D eigenvalue weighted by atomic mass is 32.1. The van der Waals surface area contributed by atoms with Gasteiger partial charge in [-0.1, -0.05) is 53.8 Å². The number of hydrogen-bond acceptors (Lipinski definition) is 6. The van der Waals surface area contributed by atoms with Crippen LogP contribution < -0.4 is 9.64 Å². The Labute approximate surface area is 190 Å². The Kier molecular flexibility index (Phi) is 6.47. The van der Waals surface area contributed by atoms with Gasteiger partial charge in [-0.15, -0.1) is 0 Å². The van der Waals surface area contributed by atoms with E-state index in [1.165, 1.54) is 18.4 Å². The number of aromatic nitrogens is 1. The predicted molar refractivity (Wildman–Crippen MR) is 126 cm³/mol. The van der Waals surface area contributed by atoms with Crippen LogP contribution >= 0.6 is 11.3 Å².